The SMILES string of the molecule is O=C(C=Cc1ccncc1)c1ccccc1O. The summed E-state index contributed by atoms with van der Waals surface area (Å²) in [5.41, 5.74) is 1.20. The van der Waals surface area contributed by atoms with Crippen molar-refractivity contribution in [2.75, 3.05) is 0 Å². The van der Waals surface area contributed by atoms with E-state index in [1.54, 1.807) is 48.8 Å². The van der Waals surface area contributed by atoms with Crippen molar-refractivity contribution in [1.29, 1.82) is 0 Å². The minimum Gasteiger partial charge on any atom is -0.507 e. The van der Waals surface area contributed by atoms with Gasteiger partial charge in [-0.2, -0.15) is 0 Å². The van der Waals surface area contributed by atoms with Gasteiger partial charge in [0.05, 0.1) is 5.56 Å². The number of phenols is 1. The molecule has 0 fully saturated rings. The standard InChI is InChI=1S/C14H11NO2/c16-13-4-2-1-3-12(13)14(17)6-5-11-7-9-15-10-8-11/h1-10,16H. The van der Waals surface area contributed by atoms with Gasteiger partial charge in [0.25, 0.3) is 0 Å². The van der Waals surface area contributed by atoms with Crippen LogP contribution in [-0.2, 0) is 0 Å². The minimum absolute atomic E-state index is 0.00289. The number of hydrogen-bond donors (Lipinski definition) is 1. The predicted octanol–water partition coefficient (Wildman–Crippen LogP) is 2.68. The third kappa shape index (κ3) is 2.78. The highest BCUT2D eigenvalue weighted by Gasteiger charge is 2.05. The molecule has 0 saturated carbocycles. The number of pyridine rings is 1. The molecule has 0 atom stereocenters. The van der Waals surface area contributed by atoms with Crippen LogP contribution in [0.25, 0.3) is 6.08 Å². The molecule has 2 aromatic rings. The number of carbonyl (C=O) groups excluding carboxylic acids is 1. The maximum atomic E-state index is 11.8. The highest BCUT2D eigenvalue weighted by atomic mass is 16.3. The molecule has 0 unspecified atom stereocenters. The van der Waals surface area contributed by atoms with Crippen LogP contribution < -0.4 is 0 Å². The second-order valence-electron chi connectivity index (χ2n) is 3.50. The number of hydrogen-bond acceptors (Lipinski definition) is 3. The summed E-state index contributed by atoms with van der Waals surface area (Å²) < 4.78 is 0. The van der Waals surface area contributed by atoms with E-state index in [1.807, 2.05) is 0 Å². The number of carbonyl (C=O) groups is 1. The van der Waals surface area contributed by atoms with Crippen LogP contribution in [0, 0.1) is 0 Å². The summed E-state index contributed by atoms with van der Waals surface area (Å²) in [6, 6.07) is 10.1. The van der Waals surface area contributed by atoms with Crippen LogP contribution in [0.2, 0.25) is 0 Å². The third-order valence-corrected chi connectivity index (χ3v) is 2.30. The Balaban J connectivity index is 2.18. The van der Waals surface area contributed by atoms with Gasteiger partial charge in [0, 0.05) is 12.4 Å². The lowest BCUT2D eigenvalue weighted by molar-refractivity contribution is 0.104. The quantitative estimate of drug-likeness (QED) is 0.645. The van der Waals surface area contributed by atoms with E-state index in [0.29, 0.717) is 5.56 Å². The second kappa shape index (κ2) is 5.07. The van der Waals surface area contributed by atoms with Crippen molar-refractivity contribution in [3.05, 3.63) is 66.0 Å². The van der Waals surface area contributed by atoms with Crippen LogP contribution in [0.4, 0.5) is 0 Å². The average Bonchev–Trinajstić information content (AvgIpc) is 2.38. The Morgan fingerprint density at radius 2 is 1.82 bits per heavy atom. The number of benzene rings is 1. The molecule has 0 spiro atoms. The molecule has 1 aromatic heterocycles. The van der Waals surface area contributed by atoms with Crippen molar-refractivity contribution >= 4 is 11.9 Å². The number of allylic oxidation sites excluding steroid dienone is 1. The molecule has 17 heavy (non-hydrogen) atoms. The molecular weight excluding hydrogens is 214 g/mol. The molecule has 1 heterocycles. The largest absolute Gasteiger partial charge is 0.507 e. The second-order valence-corrected chi connectivity index (χ2v) is 3.50. The lowest BCUT2D eigenvalue weighted by atomic mass is 10.1. The van der Waals surface area contributed by atoms with Gasteiger partial charge in [0.15, 0.2) is 5.78 Å². The maximum absolute atomic E-state index is 11.8. The molecule has 0 aliphatic heterocycles. The van der Waals surface area contributed by atoms with Gasteiger partial charge in [0.2, 0.25) is 0 Å². The fraction of sp³-hybridized carbons (Fsp3) is 0. The van der Waals surface area contributed by atoms with Crippen molar-refractivity contribution in [3.8, 4) is 5.75 Å². The number of rotatable bonds is 3. The third-order valence-electron chi connectivity index (χ3n) is 2.30. The summed E-state index contributed by atoms with van der Waals surface area (Å²) in [7, 11) is 0. The van der Waals surface area contributed by atoms with Crippen LogP contribution in [0.1, 0.15) is 15.9 Å². The molecule has 3 heteroatoms. The van der Waals surface area contributed by atoms with Crippen LogP contribution in [0.5, 0.6) is 5.75 Å². The number of phenolic OH excluding ortho intramolecular Hbond substituents is 1. The number of nitrogens with zero attached hydrogens (tertiary/aromatic N) is 1. The molecule has 1 aromatic carbocycles. The summed E-state index contributed by atoms with van der Waals surface area (Å²) >= 11 is 0. The van der Waals surface area contributed by atoms with Crippen LogP contribution in [0.3, 0.4) is 0 Å². The molecule has 84 valence electrons. The maximum Gasteiger partial charge on any atom is 0.189 e. The van der Waals surface area contributed by atoms with Crippen LogP contribution in [-0.4, -0.2) is 15.9 Å². The Kier molecular flexibility index (Phi) is 3.31. The lowest BCUT2D eigenvalue weighted by Gasteiger charge is -1.98. The topological polar surface area (TPSA) is 50.2 Å². The first-order chi connectivity index (χ1) is 8.27. The summed E-state index contributed by atoms with van der Waals surface area (Å²) in [5, 5.41) is 9.51. The zero-order valence-electron chi connectivity index (χ0n) is 9.08. The van der Waals surface area contributed by atoms with Gasteiger partial charge in [-0.1, -0.05) is 18.2 Å². The van der Waals surface area contributed by atoms with Gasteiger partial charge >= 0.3 is 0 Å². The number of aromatic nitrogens is 1. The van der Waals surface area contributed by atoms with E-state index in [2.05, 4.69) is 4.98 Å². The van der Waals surface area contributed by atoms with E-state index in [4.69, 9.17) is 0 Å². The fourth-order valence-electron chi connectivity index (χ4n) is 1.42. The molecular formula is C14H11NO2. The van der Waals surface area contributed by atoms with E-state index >= 15 is 0 Å². The Bertz CT molecular complexity index is 547. The number of aromatic hydroxyl groups is 1. The normalized spacial score (nSPS) is 10.6. The first kappa shape index (κ1) is 11.1. The van der Waals surface area contributed by atoms with Crippen molar-refractivity contribution in [1.82, 2.24) is 4.98 Å². The van der Waals surface area contributed by atoms with Crippen LogP contribution in [0.15, 0.2) is 54.9 Å². The highest BCUT2D eigenvalue weighted by Crippen LogP contribution is 2.16. The zero-order valence-corrected chi connectivity index (χ0v) is 9.08. The minimum atomic E-state index is -0.222. The molecule has 0 radical (unpaired) electrons. The number of para-hydroxylation sites is 1. The van der Waals surface area contributed by atoms with Crippen molar-refractivity contribution < 1.29 is 9.90 Å². The predicted molar refractivity (Wildman–Crippen MR) is 65.7 cm³/mol. The van der Waals surface area contributed by atoms with Gasteiger partial charge in [-0.3, -0.25) is 9.78 Å². The average molecular weight is 225 g/mol. The van der Waals surface area contributed by atoms with Gasteiger partial charge in [0.1, 0.15) is 5.75 Å². The molecule has 0 amide bonds. The zero-order chi connectivity index (χ0) is 12.1. The van der Waals surface area contributed by atoms with E-state index < -0.39 is 0 Å². The molecule has 2 rings (SSSR count). The van der Waals surface area contributed by atoms with Crippen molar-refractivity contribution in [3.63, 3.8) is 0 Å². The molecule has 0 bridgehead atoms. The number of ketones is 1. The summed E-state index contributed by atoms with van der Waals surface area (Å²) in [6.45, 7) is 0. The van der Waals surface area contributed by atoms with E-state index in [0.717, 1.165) is 5.56 Å². The molecule has 0 saturated heterocycles. The fourth-order valence-corrected chi connectivity index (χ4v) is 1.42. The van der Waals surface area contributed by atoms with Gasteiger partial charge in [-0.25, -0.2) is 0 Å². The molecule has 3 nitrogen and oxygen atoms in total. The Labute approximate surface area is 99.1 Å². The van der Waals surface area contributed by atoms with Gasteiger partial charge < -0.3 is 5.11 Å². The molecule has 0 aliphatic carbocycles. The Morgan fingerprint density at radius 1 is 1.12 bits per heavy atom. The first-order valence-electron chi connectivity index (χ1n) is 5.18. The summed E-state index contributed by atoms with van der Waals surface area (Å²) in [4.78, 5) is 15.7. The molecule has 1 N–H and O–H groups in total. The lowest BCUT2D eigenvalue weighted by Crippen LogP contribution is -1.94. The van der Waals surface area contributed by atoms with Gasteiger partial charge in [-0.05, 0) is 35.9 Å². The summed E-state index contributed by atoms with van der Waals surface area (Å²) in [5.74, 6) is -0.225. The smallest absolute Gasteiger partial charge is 0.189 e. The Morgan fingerprint density at radius 3 is 2.53 bits per heavy atom. The van der Waals surface area contributed by atoms with Crippen LogP contribution >= 0.6 is 0 Å². The van der Waals surface area contributed by atoms with E-state index in [9.17, 15) is 9.90 Å². The van der Waals surface area contributed by atoms with Crippen molar-refractivity contribution in [2.24, 2.45) is 0 Å². The first-order valence-corrected chi connectivity index (χ1v) is 5.18. The van der Waals surface area contributed by atoms with E-state index in [1.165, 1.54) is 12.1 Å². The van der Waals surface area contributed by atoms with Crippen molar-refractivity contribution in [2.45, 2.75) is 0 Å². The summed E-state index contributed by atoms with van der Waals surface area (Å²) in [6.07, 6.45) is 6.44. The molecule has 0 aliphatic rings. The monoisotopic (exact) mass is 225 g/mol. The van der Waals surface area contributed by atoms with Gasteiger partial charge in [-0.15, -0.1) is 0 Å². The van der Waals surface area contributed by atoms with E-state index in [-0.39, 0.29) is 11.5 Å². The Hall–Kier alpha value is -2.42. The highest BCUT2D eigenvalue weighted by molar-refractivity contribution is 6.08.